The van der Waals surface area contributed by atoms with Gasteiger partial charge in [0, 0.05) is 22.8 Å². The number of carbonyl (C=O) groups excluding carboxylic acids is 3. The summed E-state index contributed by atoms with van der Waals surface area (Å²) in [7, 11) is 0. The van der Waals surface area contributed by atoms with Crippen molar-refractivity contribution in [3.05, 3.63) is 95.5 Å². The van der Waals surface area contributed by atoms with Crippen molar-refractivity contribution in [1.82, 2.24) is 4.90 Å². The highest BCUT2D eigenvalue weighted by molar-refractivity contribution is 6.31. The molecule has 1 heterocycles. The average Bonchev–Trinajstić information content (AvgIpc) is 2.93. The zero-order chi connectivity index (χ0) is 28.8. The number of carbonyl (C=O) groups is 3. The first-order chi connectivity index (χ1) is 19.2. The molecule has 1 saturated heterocycles. The second kappa shape index (κ2) is 12.3. The highest BCUT2D eigenvalue weighted by atomic mass is 35.5. The van der Waals surface area contributed by atoms with E-state index in [1.54, 1.807) is 36.4 Å². The van der Waals surface area contributed by atoms with Crippen LogP contribution in [0.5, 0.6) is 0 Å². The van der Waals surface area contributed by atoms with Crippen molar-refractivity contribution < 1.29 is 14.4 Å². The van der Waals surface area contributed by atoms with Crippen molar-refractivity contribution in [1.29, 1.82) is 0 Å². The minimum Gasteiger partial charge on any atom is -0.399 e. The lowest BCUT2D eigenvalue weighted by molar-refractivity contribution is -0.143. The van der Waals surface area contributed by atoms with E-state index >= 15 is 0 Å². The first kappa shape index (κ1) is 28.1. The Hall–Kier alpha value is -4.87. The maximum atomic E-state index is 13.6. The van der Waals surface area contributed by atoms with Gasteiger partial charge < -0.3 is 21.8 Å². The highest BCUT2D eigenvalue weighted by Gasteiger charge is 2.39. The van der Waals surface area contributed by atoms with Gasteiger partial charge in [0.05, 0.1) is 11.4 Å². The second-order valence-corrected chi connectivity index (χ2v) is 9.54. The molecule has 0 spiro atoms. The van der Waals surface area contributed by atoms with Crippen LogP contribution >= 0.6 is 11.6 Å². The van der Waals surface area contributed by atoms with Crippen LogP contribution in [0.3, 0.4) is 0 Å². The number of nitrogens with two attached hydrogens (primary N) is 3. The Balaban J connectivity index is 1.61. The molecule has 1 aliphatic heterocycles. The van der Waals surface area contributed by atoms with Crippen LogP contribution in [0.1, 0.15) is 11.1 Å². The number of nitrogens with one attached hydrogen (secondary N) is 1. The Labute approximate surface area is 236 Å². The number of hydrazine groups is 1. The molecule has 1 fully saturated rings. The van der Waals surface area contributed by atoms with Crippen LogP contribution in [-0.2, 0) is 20.8 Å². The van der Waals surface area contributed by atoms with Gasteiger partial charge in [-0.15, -0.1) is 0 Å². The molecule has 0 bridgehead atoms. The van der Waals surface area contributed by atoms with Gasteiger partial charge >= 0.3 is 0 Å². The van der Waals surface area contributed by atoms with Crippen molar-refractivity contribution in [2.24, 2.45) is 22.5 Å². The summed E-state index contributed by atoms with van der Waals surface area (Å²) in [6.45, 7) is 3.04. The molecule has 3 aromatic rings. The predicted octanol–water partition coefficient (Wildman–Crippen LogP) is 2.28. The quantitative estimate of drug-likeness (QED) is 0.135. The highest BCUT2D eigenvalue weighted by Crippen LogP contribution is 2.32. The van der Waals surface area contributed by atoms with Gasteiger partial charge in [-0.25, -0.2) is 5.84 Å². The smallest absolute Gasteiger partial charge is 0.247 e. The predicted molar refractivity (Wildman–Crippen MR) is 157 cm³/mol. The van der Waals surface area contributed by atoms with Gasteiger partial charge in [0.25, 0.3) is 0 Å². The van der Waals surface area contributed by atoms with E-state index < -0.39 is 23.8 Å². The lowest BCUT2D eigenvalue weighted by Gasteiger charge is -2.38. The minimum absolute atomic E-state index is 0.204. The third-order valence-corrected chi connectivity index (χ3v) is 6.63. The Kier molecular flexibility index (Phi) is 8.67. The molecule has 1 aliphatic rings. The first-order valence-corrected chi connectivity index (χ1v) is 12.6. The van der Waals surface area contributed by atoms with Crippen LogP contribution in [0.4, 0.5) is 17.1 Å². The number of hydrogen-bond donors (Lipinski definition) is 4. The fraction of sp³-hybridized carbons (Fsp3) is 0.143. The molecular weight excluding hydrogens is 532 g/mol. The van der Waals surface area contributed by atoms with Crippen LogP contribution in [-0.4, -0.2) is 48.1 Å². The number of hydrazone groups is 1. The summed E-state index contributed by atoms with van der Waals surface area (Å²) < 4.78 is 0. The maximum absolute atomic E-state index is 13.6. The Morgan fingerprint density at radius 3 is 2.42 bits per heavy atom. The second-order valence-electron chi connectivity index (χ2n) is 9.10. The molecule has 206 valence electrons. The van der Waals surface area contributed by atoms with Crippen LogP contribution in [0.2, 0.25) is 5.02 Å². The molecule has 12 heteroatoms. The summed E-state index contributed by atoms with van der Waals surface area (Å²) in [5.41, 5.74) is 8.87. The number of hydrogen-bond acceptors (Lipinski definition) is 7. The molecule has 7 N–H and O–H groups in total. The summed E-state index contributed by atoms with van der Waals surface area (Å²) in [5, 5.41) is 7.72. The van der Waals surface area contributed by atoms with Crippen LogP contribution < -0.4 is 32.6 Å². The van der Waals surface area contributed by atoms with E-state index in [0.717, 1.165) is 22.5 Å². The van der Waals surface area contributed by atoms with Crippen LogP contribution in [0.15, 0.2) is 84.5 Å². The fourth-order valence-electron chi connectivity index (χ4n) is 4.38. The van der Waals surface area contributed by atoms with Gasteiger partial charge in [0.15, 0.2) is 0 Å². The summed E-state index contributed by atoms with van der Waals surface area (Å²) in [5.74, 6) is 9.95. The van der Waals surface area contributed by atoms with Crippen molar-refractivity contribution in [2.45, 2.75) is 12.5 Å². The number of nitrogens with zero attached hydrogens (tertiary/aromatic N) is 4. The number of benzene rings is 3. The fourth-order valence-corrected chi connectivity index (χ4v) is 4.54. The average molecular weight is 561 g/mol. The SMILES string of the molecule is C=C(N)c1ccc(NC(=O)C(Cc2ccccc2)N2CC(=O)N(c3cc(Cl)ccc3N(N)/C=N\N)CC2=O)cc1. The molecule has 0 aromatic heterocycles. The molecule has 3 aromatic carbocycles. The minimum atomic E-state index is -0.959. The van der Waals surface area contributed by atoms with Crippen molar-refractivity contribution >= 4 is 58.4 Å². The topological polar surface area (TPSA) is 163 Å². The molecule has 0 aliphatic carbocycles. The number of anilines is 3. The molecule has 3 amide bonds. The monoisotopic (exact) mass is 560 g/mol. The van der Waals surface area contributed by atoms with E-state index in [0.29, 0.717) is 27.8 Å². The largest absolute Gasteiger partial charge is 0.399 e. The maximum Gasteiger partial charge on any atom is 0.247 e. The summed E-state index contributed by atoms with van der Waals surface area (Å²) in [4.78, 5) is 43.1. The normalized spacial score (nSPS) is 14.3. The number of rotatable bonds is 9. The van der Waals surface area contributed by atoms with Crippen molar-refractivity contribution in [3.63, 3.8) is 0 Å². The lowest BCUT2D eigenvalue weighted by atomic mass is 10.0. The lowest BCUT2D eigenvalue weighted by Crippen LogP contribution is -2.60. The van der Waals surface area contributed by atoms with E-state index in [2.05, 4.69) is 17.0 Å². The van der Waals surface area contributed by atoms with Crippen molar-refractivity contribution in [2.75, 3.05) is 28.3 Å². The summed E-state index contributed by atoms with van der Waals surface area (Å²) in [6.07, 6.45) is 1.36. The Bertz CT molecular complexity index is 1450. The van der Waals surface area contributed by atoms with Gasteiger partial charge in [0.2, 0.25) is 17.7 Å². The molecule has 0 saturated carbocycles. The molecule has 40 heavy (non-hydrogen) atoms. The first-order valence-electron chi connectivity index (χ1n) is 12.2. The van der Waals surface area contributed by atoms with Gasteiger partial charge in [0.1, 0.15) is 25.5 Å². The zero-order valence-corrected chi connectivity index (χ0v) is 22.3. The third kappa shape index (κ3) is 6.40. The number of halogens is 1. The van der Waals surface area contributed by atoms with Gasteiger partial charge in [-0.05, 0) is 41.5 Å². The van der Waals surface area contributed by atoms with E-state index in [9.17, 15) is 14.4 Å². The Morgan fingerprint density at radius 1 is 1.07 bits per heavy atom. The molecule has 4 rings (SSSR count). The van der Waals surface area contributed by atoms with Gasteiger partial charge in [-0.3, -0.25) is 24.3 Å². The van der Waals surface area contributed by atoms with E-state index in [4.69, 9.17) is 29.0 Å². The van der Waals surface area contributed by atoms with Gasteiger partial charge in [-0.1, -0.05) is 60.6 Å². The van der Waals surface area contributed by atoms with Gasteiger partial charge in [-0.2, -0.15) is 5.10 Å². The van der Waals surface area contributed by atoms with Crippen molar-refractivity contribution in [3.8, 4) is 0 Å². The Morgan fingerprint density at radius 2 is 1.77 bits per heavy atom. The molecule has 1 atom stereocenters. The number of piperazine rings is 1. The number of amides is 3. The molecule has 1 unspecified atom stereocenters. The van der Waals surface area contributed by atoms with Crippen LogP contribution in [0.25, 0.3) is 5.70 Å². The summed E-state index contributed by atoms with van der Waals surface area (Å²) >= 11 is 6.20. The molecule has 11 nitrogen and oxygen atoms in total. The van der Waals surface area contributed by atoms with E-state index in [1.165, 1.54) is 15.9 Å². The summed E-state index contributed by atoms with van der Waals surface area (Å²) in [6, 6.07) is 19.9. The molecule has 0 radical (unpaired) electrons. The van der Waals surface area contributed by atoms with E-state index in [-0.39, 0.29) is 19.5 Å². The molecular formula is C28H29ClN8O3. The standard InChI is InChI=1S/C28H29ClN8O3/c1-18(30)20-7-10-22(11-8-20)34-28(40)25(13-19-5-3-2-4-6-19)36-16-26(38)35(15-27(36)39)24-14-21(29)9-12-23(24)37(32)17-33-31/h2-12,14,17,25H,1,13,15-16,30-32H2,(H,34,40)/b33-17-. The zero-order valence-electron chi connectivity index (χ0n) is 21.5. The van der Waals surface area contributed by atoms with E-state index in [1.807, 2.05) is 30.3 Å². The van der Waals surface area contributed by atoms with Crippen LogP contribution in [0, 0.1) is 0 Å². The third-order valence-electron chi connectivity index (χ3n) is 6.39.